The zero-order valence-electron chi connectivity index (χ0n) is 14.6. The minimum atomic E-state index is -0.329. The molecule has 2 aromatic rings. The van der Waals surface area contributed by atoms with Crippen LogP contribution in [-0.4, -0.2) is 43.9 Å². The molecule has 0 saturated carbocycles. The summed E-state index contributed by atoms with van der Waals surface area (Å²) in [5.41, 5.74) is 0.415. The monoisotopic (exact) mass is 362 g/mol. The highest BCUT2D eigenvalue weighted by Crippen LogP contribution is 2.26. The zero-order chi connectivity index (χ0) is 17.8. The molecule has 0 aliphatic carbocycles. The van der Waals surface area contributed by atoms with Gasteiger partial charge >= 0.3 is 0 Å². The van der Waals surface area contributed by atoms with Gasteiger partial charge in [-0.25, -0.2) is 4.39 Å². The van der Waals surface area contributed by atoms with Gasteiger partial charge in [0.05, 0.1) is 11.3 Å². The number of piperidine rings is 1. The molecule has 5 nitrogen and oxygen atoms in total. The van der Waals surface area contributed by atoms with Crippen LogP contribution in [0.3, 0.4) is 0 Å². The predicted octanol–water partition coefficient (Wildman–Crippen LogP) is 3.50. The van der Waals surface area contributed by atoms with E-state index in [0.29, 0.717) is 28.3 Å². The fraction of sp³-hybridized carbons (Fsp3) is 0.500. The lowest BCUT2D eigenvalue weighted by Crippen LogP contribution is -2.44. The van der Waals surface area contributed by atoms with Crippen molar-refractivity contribution in [3.8, 4) is 11.4 Å². The van der Waals surface area contributed by atoms with Crippen LogP contribution in [0.15, 0.2) is 29.4 Å². The molecule has 134 valence electrons. The fourth-order valence-corrected chi connectivity index (χ4v) is 4.08. The van der Waals surface area contributed by atoms with Crippen molar-refractivity contribution in [3.63, 3.8) is 0 Å². The van der Waals surface area contributed by atoms with E-state index in [0.717, 1.165) is 25.8 Å². The summed E-state index contributed by atoms with van der Waals surface area (Å²) in [4.78, 5) is 14.6. The second kappa shape index (κ2) is 7.99. The normalized spacial score (nSPS) is 17.7. The molecule has 7 heteroatoms. The first-order valence-corrected chi connectivity index (χ1v) is 9.67. The molecule has 1 aromatic carbocycles. The first kappa shape index (κ1) is 17.9. The van der Waals surface area contributed by atoms with Crippen molar-refractivity contribution in [2.75, 3.05) is 12.3 Å². The largest absolute Gasteiger partial charge is 0.339 e. The van der Waals surface area contributed by atoms with E-state index in [1.54, 1.807) is 29.8 Å². The molecule has 25 heavy (non-hydrogen) atoms. The maximum Gasteiger partial charge on any atom is 0.233 e. The van der Waals surface area contributed by atoms with Crippen LogP contribution in [0.4, 0.5) is 4.39 Å². The molecule has 0 N–H and O–H groups in total. The van der Waals surface area contributed by atoms with E-state index in [1.165, 1.54) is 24.2 Å². The Balaban J connectivity index is 1.68. The third-order valence-electron chi connectivity index (χ3n) is 4.69. The van der Waals surface area contributed by atoms with Gasteiger partial charge in [-0.2, -0.15) is 0 Å². The lowest BCUT2D eigenvalue weighted by Gasteiger charge is -2.35. The number of likely N-dealkylation sites (tertiary alicyclic amines) is 1. The molecule has 1 saturated heterocycles. The second-order valence-corrected chi connectivity index (χ2v) is 7.22. The Hall–Kier alpha value is -1.89. The molecule has 1 aliphatic heterocycles. The topological polar surface area (TPSA) is 51.0 Å². The number of amides is 1. The average molecular weight is 362 g/mol. The molecule has 0 spiro atoms. The highest BCUT2D eigenvalue weighted by molar-refractivity contribution is 7.99. The molecular weight excluding hydrogens is 339 g/mol. The summed E-state index contributed by atoms with van der Waals surface area (Å²) in [6, 6.07) is 6.85. The molecule has 3 rings (SSSR count). The zero-order valence-corrected chi connectivity index (χ0v) is 15.4. The number of nitrogens with zero attached hydrogens (tertiary/aromatic N) is 4. The minimum Gasteiger partial charge on any atom is -0.339 e. The summed E-state index contributed by atoms with van der Waals surface area (Å²) in [6.07, 6.45) is 4.37. The number of benzene rings is 1. The number of carbonyl (C=O) groups excluding carboxylic acids is 1. The molecular formula is C18H23FN4OS. The fourth-order valence-electron chi connectivity index (χ4n) is 3.28. The maximum absolute atomic E-state index is 14.0. The number of halogens is 1. The van der Waals surface area contributed by atoms with Gasteiger partial charge in [-0.3, -0.25) is 4.79 Å². The number of thioether (sulfide) groups is 1. The Kier molecular flexibility index (Phi) is 5.73. The van der Waals surface area contributed by atoms with E-state index >= 15 is 0 Å². The second-order valence-electron chi connectivity index (χ2n) is 6.28. The number of carbonyl (C=O) groups is 1. The summed E-state index contributed by atoms with van der Waals surface area (Å²) in [6.45, 7) is 2.98. The number of aromatic nitrogens is 3. The molecule has 0 bridgehead atoms. The third-order valence-corrected chi connectivity index (χ3v) is 5.70. The van der Waals surface area contributed by atoms with Gasteiger partial charge in [0.2, 0.25) is 5.91 Å². The van der Waals surface area contributed by atoms with Crippen LogP contribution in [0.25, 0.3) is 11.4 Å². The van der Waals surface area contributed by atoms with Crippen molar-refractivity contribution in [1.82, 2.24) is 19.7 Å². The van der Waals surface area contributed by atoms with E-state index < -0.39 is 0 Å². The summed E-state index contributed by atoms with van der Waals surface area (Å²) in [7, 11) is 1.80. The Morgan fingerprint density at radius 3 is 2.88 bits per heavy atom. The van der Waals surface area contributed by atoms with Gasteiger partial charge in [0.1, 0.15) is 5.82 Å². The Labute approximate surface area is 151 Å². The van der Waals surface area contributed by atoms with Gasteiger partial charge in [-0.1, -0.05) is 30.8 Å². The van der Waals surface area contributed by atoms with Crippen LogP contribution < -0.4 is 0 Å². The smallest absolute Gasteiger partial charge is 0.233 e. The summed E-state index contributed by atoms with van der Waals surface area (Å²) >= 11 is 1.36. The van der Waals surface area contributed by atoms with Gasteiger partial charge in [0.15, 0.2) is 11.0 Å². The molecule has 1 aliphatic rings. The van der Waals surface area contributed by atoms with Crippen molar-refractivity contribution in [3.05, 3.63) is 30.1 Å². The van der Waals surface area contributed by atoms with Crippen molar-refractivity contribution in [1.29, 1.82) is 0 Å². The van der Waals surface area contributed by atoms with Crippen molar-refractivity contribution < 1.29 is 9.18 Å². The van der Waals surface area contributed by atoms with E-state index in [9.17, 15) is 9.18 Å². The van der Waals surface area contributed by atoms with Crippen molar-refractivity contribution >= 4 is 17.7 Å². The van der Waals surface area contributed by atoms with Gasteiger partial charge in [-0.05, 0) is 37.8 Å². The minimum absolute atomic E-state index is 0.145. The SMILES string of the molecule is CC[C@@H]1CCCCN1C(=O)CSc1nnc(-c2ccccc2F)n1C. The standard InChI is InChI=1S/C18H23FN4OS/c1-3-13-8-6-7-11-23(13)16(24)12-25-18-21-20-17(22(18)2)14-9-4-5-10-15(14)19/h4-5,9-10,13H,3,6-8,11-12H2,1-2H3/t13-/m1/s1. The summed E-state index contributed by atoms with van der Waals surface area (Å²) < 4.78 is 15.7. The van der Waals surface area contributed by atoms with Gasteiger partial charge in [0.25, 0.3) is 0 Å². The van der Waals surface area contributed by atoms with Gasteiger partial charge in [-0.15, -0.1) is 10.2 Å². The quantitative estimate of drug-likeness (QED) is 0.764. The van der Waals surface area contributed by atoms with Crippen molar-refractivity contribution in [2.45, 2.75) is 43.8 Å². The number of hydrogen-bond acceptors (Lipinski definition) is 4. The number of rotatable bonds is 5. The molecule has 1 aromatic heterocycles. The van der Waals surface area contributed by atoms with Crippen LogP contribution in [0.1, 0.15) is 32.6 Å². The molecule has 1 amide bonds. The summed E-state index contributed by atoms with van der Waals surface area (Å²) in [5, 5.41) is 8.85. The van der Waals surface area contributed by atoms with E-state index in [2.05, 4.69) is 17.1 Å². The first-order chi connectivity index (χ1) is 12.1. The van der Waals surface area contributed by atoms with E-state index in [4.69, 9.17) is 0 Å². The van der Waals surface area contributed by atoms with E-state index in [1.807, 2.05) is 4.90 Å². The Bertz CT molecular complexity index is 748. The Morgan fingerprint density at radius 1 is 1.32 bits per heavy atom. The van der Waals surface area contributed by atoms with E-state index in [-0.39, 0.29) is 11.7 Å². The summed E-state index contributed by atoms with van der Waals surface area (Å²) in [5.74, 6) is 0.619. The van der Waals surface area contributed by atoms with Gasteiger partial charge < -0.3 is 9.47 Å². The van der Waals surface area contributed by atoms with Crippen LogP contribution >= 0.6 is 11.8 Å². The van der Waals surface area contributed by atoms with Crippen LogP contribution in [0.2, 0.25) is 0 Å². The Morgan fingerprint density at radius 2 is 2.12 bits per heavy atom. The lowest BCUT2D eigenvalue weighted by atomic mass is 10.0. The lowest BCUT2D eigenvalue weighted by molar-refractivity contribution is -0.132. The molecule has 0 unspecified atom stereocenters. The third kappa shape index (κ3) is 3.86. The van der Waals surface area contributed by atoms with Crippen LogP contribution in [-0.2, 0) is 11.8 Å². The average Bonchev–Trinajstić information content (AvgIpc) is 3.00. The first-order valence-electron chi connectivity index (χ1n) is 8.68. The predicted molar refractivity (Wildman–Crippen MR) is 96.8 cm³/mol. The molecule has 0 radical (unpaired) electrons. The van der Waals surface area contributed by atoms with Gasteiger partial charge in [0, 0.05) is 19.6 Å². The van der Waals surface area contributed by atoms with Crippen molar-refractivity contribution in [2.24, 2.45) is 7.05 Å². The molecule has 2 heterocycles. The maximum atomic E-state index is 14.0. The highest BCUT2D eigenvalue weighted by atomic mass is 32.2. The number of hydrogen-bond donors (Lipinski definition) is 0. The van der Waals surface area contributed by atoms with Crippen LogP contribution in [0.5, 0.6) is 0 Å². The molecule has 1 atom stereocenters. The molecule has 1 fully saturated rings. The van der Waals surface area contributed by atoms with Crippen LogP contribution in [0, 0.1) is 5.82 Å². The highest BCUT2D eigenvalue weighted by Gasteiger charge is 2.25.